The molecule has 0 saturated carbocycles. The Morgan fingerprint density at radius 2 is 1.85 bits per heavy atom. The molecule has 0 atom stereocenters. The summed E-state index contributed by atoms with van der Waals surface area (Å²) in [5, 5.41) is 0.703. The van der Waals surface area contributed by atoms with Gasteiger partial charge in [0.1, 0.15) is 10.4 Å². The van der Waals surface area contributed by atoms with Crippen LogP contribution >= 0.6 is 22.9 Å². The Bertz CT molecular complexity index is 1120. The predicted octanol–water partition coefficient (Wildman–Crippen LogP) is 4.84. The largest absolute Gasteiger partial charge is 0.497 e. The lowest BCUT2D eigenvalue weighted by Crippen LogP contribution is -2.11. The highest BCUT2D eigenvalue weighted by Crippen LogP contribution is 2.32. The lowest BCUT2D eigenvalue weighted by molar-refractivity contribution is 0.415. The second kappa shape index (κ2) is 6.94. The van der Waals surface area contributed by atoms with Gasteiger partial charge in [-0.25, -0.2) is 0 Å². The van der Waals surface area contributed by atoms with Gasteiger partial charge >= 0.3 is 0 Å². The van der Waals surface area contributed by atoms with Gasteiger partial charge in [0.05, 0.1) is 19.0 Å². The van der Waals surface area contributed by atoms with Crippen LogP contribution < -0.4 is 10.3 Å². The van der Waals surface area contributed by atoms with E-state index in [-0.39, 0.29) is 5.56 Å². The van der Waals surface area contributed by atoms with Crippen LogP contribution in [0.3, 0.4) is 0 Å². The van der Waals surface area contributed by atoms with E-state index in [0.717, 1.165) is 27.3 Å². The topological polar surface area (TPSA) is 44.1 Å². The molecular weight excluding hydrogens is 368 g/mol. The minimum absolute atomic E-state index is 0.197. The molecule has 130 valence electrons. The number of hydrogen-bond donors (Lipinski definition) is 0. The monoisotopic (exact) mass is 382 g/mol. The molecule has 4 rings (SSSR count). The first-order valence-electron chi connectivity index (χ1n) is 8.02. The van der Waals surface area contributed by atoms with E-state index in [1.807, 2.05) is 59.2 Å². The third-order valence-electron chi connectivity index (χ3n) is 4.17. The molecule has 0 bridgehead atoms. The fourth-order valence-electron chi connectivity index (χ4n) is 2.80. The zero-order valence-corrected chi connectivity index (χ0v) is 15.6. The number of halogens is 1. The molecule has 0 unspecified atom stereocenters. The molecule has 0 saturated heterocycles. The summed E-state index contributed by atoms with van der Waals surface area (Å²) in [6.45, 7) is 0.625. The first kappa shape index (κ1) is 16.8. The summed E-state index contributed by atoms with van der Waals surface area (Å²) in [6.07, 6.45) is 1.60. The minimum atomic E-state index is -0.197. The second-order valence-corrected chi connectivity index (χ2v) is 7.35. The van der Waals surface area contributed by atoms with E-state index in [1.54, 1.807) is 13.4 Å². The van der Waals surface area contributed by atoms with Gasteiger partial charge in [-0.05, 0) is 53.6 Å². The van der Waals surface area contributed by atoms with Crippen molar-refractivity contribution < 1.29 is 4.74 Å². The maximum atomic E-state index is 12.2. The average Bonchev–Trinajstić information content (AvgIpc) is 3.12. The van der Waals surface area contributed by atoms with Crippen molar-refractivity contribution in [2.24, 2.45) is 0 Å². The summed E-state index contributed by atoms with van der Waals surface area (Å²) >= 11 is 7.42. The van der Waals surface area contributed by atoms with Crippen LogP contribution in [0.2, 0.25) is 5.02 Å². The summed E-state index contributed by atoms with van der Waals surface area (Å²) in [4.78, 5) is 17.3. The Morgan fingerprint density at radius 3 is 2.54 bits per heavy atom. The number of methoxy groups -OCH3 is 1. The van der Waals surface area contributed by atoms with Gasteiger partial charge < -0.3 is 9.30 Å². The van der Waals surface area contributed by atoms with Crippen LogP contribution in [0.5, 0.6) is 5.75 Å². The quantitative estimate of drug-likeness (QED) is 0.507. The molecule has 4 nitrogen and oxygen atoms in total. The molecule has 0 aliphatic heterocycles. The van der Waals surface area contributed by atoms with Crippen LogP contribution in [-0.4, -0.2) is 16.7 Å². The van der Waals surface area contributed by atoms with Crippen LogP contribution in [0.1, 0.15) is 5.56 Å². The molecule has 6 heteroatoms. The molecule has 2 aromatic heterocycles. The Balaban J connectivity index is 1.77. The second-order valence-electron chi connectivity index (χ2n) is 5.86. The van der Waals surface area contributed by atoms with Crippen LogP contribution in [-0.2, 0) is 6.54 Å². The lowest BCUT2D eigenvalue weighted by Gasteiger charge is -2.07. The van der Waals surface area contributed by atoms with Crippen LogP contribution in [0.25, 0.3) is 20.7 Å². The van der Waals surface area contributed by atoms with Crippen LogP contribution in [0, 0.1) is 0 Å². The van der Waals surface area contributed by atoms with Gasteiger partial charge in [0, 0.05) is 16.4 Å². The molecule has 0 radical (unpaired) electrons. The summed E-state index contributed by atoms with van der Waals surface area (Å²) in [5.74, 6) is 0.804. The zero-order valence-electron chi connectivity index (χ0n) is 14.0. The van der Waals surface area contributed by atoms with E-state index in [2.05, 4.69) is 4.98 Å². The first-order valence-corrected chi connectivity index (χ1v) is 9.21. The number of nitrogens with zero attached hydrogens (tertiary/aromatic N) is 2. The summed E-state index contributed by atoms with van der Waals surface area (Å²) in [5.41, 5.74) is 2.83. The number of hydrogen-bond acceptors (Lipinski definition) is 4. The van der Waals surface area contributed by atoms with Crippen molar-refractivity contribution in [1.29, 1.82) is 0 Å². The normalized spacial score (nSPS) is 11.0. The Morgan fingerprint density at radius 1 is 1.12 bits per heavy atom. The van der Waals surface area contributed by atoms with E-state index in [0.29, 0.717) is 16.3 Å². The van der Waals surface area contributed by atoms with Crippen molar-refractivity contribution in [3.8, 4) is 16.2 Å². The molecule has 4 aromatic rings. The number of ether oxygens (including phenoxy) is 1. The highest BCUT2D eigenvalue weighted by atomic mass is 35.5. The molecule has 2 aromatic carbocycles. The molecule has 0 spiro atoms. The average molecular weight is 383 g/mol. The van der Waals surface area contributed by atoms with Crippen molar-refractivity contribution in [2.75, 3.05) is 7.11 Å². The highest BCUT2D eigenvalue weighted by Gasteiger charge is 2.11. The standard InChI is InChI=1S/C20H15ClN2O2S/c1-25-16-8-4-14(5-9-16)18-10-17-19(26-18)20(24)22-12-23(17)11-13-2-6-15(21)7-3-13/h2-10,12H,11H2,1H3. The summed E-state index contributed by atoms with van der Waals surface area (Å²) in [6, 6.07) is 17.5. The van der Waals surface area contributed by atoms with Gasteiger partial charge in [-0.15, -0.1) is 11.3 Å². The van der Waals surface area contributed by atoms with Crippen molar-refractivity contribution in [2.45, 2.75) is 6.54 Å². The molecule has 2 heterocycles. The lowest BCUT2D eigenvalue weighted by atomic mass is 10.2. The van der Waals surface area contributed by atoms with Crippen LogP contribution in [0.15, 0.2) is 65.7 Å². The molecule has 26 heavy (non-hydrogen) atoms. The van der Waals surface area contributed by atoms with Gasteiger partial charge in [-0.2, -0.15) is 4.98 Å². The molecule has 0 aliphatic rings. The Labute approximate surface area is 159 Å². The number of aromatic nitrogens is 2. The maximum Gasteiger partial charge on any atom is 0.290 e. The van der Waals surface area contributed by atoms with E-state index >= 15 is 0 Å². The van der Waals surface area contributed by atoms with Gasteiger partial charge in [0.25, 0.3) is 5.56 Å². The van der Waals surface area contributed by atoms with Crippen molar-refractivity contribution >= 4 is 33.2 Å². The third-order valence-corrected chi connectivity index (χ3v) is 5.58. The maximum absolute atomic E-state index is 12.2. The predicted molar refractivity (Wildman–Crippen MR) is 106 cm³/mol. The van der Waals surface area contributed by atoms with E-state index in [9.17, 15) is 4.79 Å². The third kappa shape index (κ3) is 3.23. The van der Waals surface area contributed by atoms with Crippen molar-refractivity contribution in [1.82, 2.24) is 9.55 Å². The van der Waals surface area contributed by atoms with Gasteiger partial charge in [-0.1, -0.05) is 23.7 Å². The summed E-state index contributed by atoms with van der Waals surface area (Å²) in [7, 11) is 1.64. The highest BCUT2D eigenvalue weighted by molar-refractivity contribution is 7.22. The molecule has 0 fully saturated rings. The molecule has 0 amide bonds. The molecule has 0 aliphatic carbocycles. The van der Waals surface area contributed by atoms with Gasteiger partial charge in [0.15, 0.2) is 0 Å². The van der Waals surface area contributed by atoms with Crippen LogP contribution in [0.4, 0.5) is 0 Å². The number of thiophene rings is 1. The molecule has 0 N–H and O–H groups in total. The SMILES string of the molecule is COc1ccc(-c2cc3c(s2)c(=O)ncn3Cc2ccc(Cl)cc2)cc1. The van der Waals surface area contributed by atoms with E-state index in [1.165, 1.54) is 11.3 Å². The van der Waals surface area contributed by atoms with Gasteiger partial charge in [0.2, 0.25) is 0 Å². The zero-order chi connectivity index (χ0) is 18.1. The fraction of sp³-hybridized carbons (Fsp3) is 0.100. The first-order chi connectivity index (χ1) is 12.6. The number of fused-ring (bicyclic) bond motifs is 1. The number of benzene rings is 2. The summed E-state index contributed by atoms with van der Waals surface area (Å²) < 4.78 is 7.86. The van der Waals surface area contributed by atoms with E-state index in [4.69, 9.17) is 16.3 Å². The fourth-order valence-corrected chi connectivity index (χ4v) is 3.99. The Kier molecular flexibility index (Phi) is 4.49. The molecular formula is C20H15ClN2O2S. The minimum Gasteiger partial charge on any atom is -0.497 e. The number of rotatable bonds is 4. The van der Waals surface area contributed by atoms with Crippen molar-refractivity contribution in [3.05, 3.63) is 81.9 Å². The van der Waals surface area contributed by atoms with Gasteiger partial charge in [-0.3, -0.25) is 4.79 Å². The van der Waals surface area contributed by atoms with E-state index < -0.39 is 0 Å². The van der Waals surface area contributed by atoms with Crippen molar-refractivity contribution in [3.63, 3.8) is 0 Å². The Hall–Kier alpha value is -2.63. The smallest absolute Gasteiger partial charge is 0.290 e.